The predicted molar refractivity (Wildman–Crippen MR) is 147 cm³/mol. The number of rotatable bonds is 6. The van der Waals surface area contributed by atoms with Crippen molar-refractivity contribution in [2.24, 2.45) is 0 Å². The predicted octanol–water partition coefficient (Wildman–Crippen LogP) is 6.38. The van der Waals surface area contributed by atoms with Crippen LogP contribution in [0.4, 0.5) is 23.7 Å². The Morgan fingerprint density at radius 3 is 2.24 bits per heavy atom. The standard InChI is InChI=1S/C30H36F3N3O5/c1-29(2,3)41-27(38)21-7-4-6-20(18-21)19-9-11-22(12-10-19)34-26(37)25-8-5-17-36(25)28(39)35-23-13-15-24(16-14-23)40-30(31,32)33/h4,6-7,13-16,18-19,22,25H,5,8-12,17H2,1-3H3,(H,34,37)(H,35,39)/t19?,22?,25-/m1/s1. The number of nitrogens with zero attached hydrogens (tertiary/aromatic N) is 1. The third-order valence-electron chi connectivity index (χ3n) is 7.22. The Labute approximate surface area is 237 Å². The summed E-state index contributed by atoms with van der Waals surface area (Å²) >= 11 is 0. The molecule has 2 fully saturated rings. The number of benzene rings is 2. The highest BCUT2D eigenvalue weighted by Crippen LogP contribution is 2.34. The van der Waals surface area contributed by atoms with Gasteiger partial charge in [-0.25, -0.2) is 9.59 Å². The zero-order valence-electron chi connectivity index (χ0n) is 23.4. The summed E-state index contributed by atoms with van der Waals surface area (Å²) in [6.45, 7) is 5.90. The maximum atomic E-state index is 13.1. The maximum absolute atomic E-state index is 13.1. The fourth-order valence-corrected chi connectivity index (χ4v) is 5.34. The number of esters is 1. The molecule has 1 saturated carbocycles. The Bertz CT molecular complexity index is 1240. The number of hydrogen-bond donors (Lipinski definition) is 2. The number of anilines is 1. The average molecular weight is 576 g/mol. The van der Waals surface area contributed by atoms with Gasteiger partial charge in [-0.15, -0.1) is 13.2 Å². The summed E-state index contributed by atoms with van der Waals surface area (Å²) < 4.78 is 46.5. The molecule has 11 heteroatoms. The van der Waals surface area contributed by atoms with E-state index in [-0.39, 0.29) is 29.6 Å². The highest BCUT2D eigenvalue weighted by Gasteiger charge is 2.36. The molecule has 0 aromatic heterocycles. The van der Waals surface area contributed by atoms with Crippen LogP contribution in [0.3, 0.4) is 0 Å². The first-order valence-electron chi connectivity index (χ1n) is 13.8. The summed E-state index contributed by atoms with van der Waals surface area (Å²) in [5, 5.41) is 5.76. The summed E-state index contributed by atoms with van der Waals surface area (Å²) in [6, 6.07) is 11.3. The van der Waals surface area contributed by atoms with Crippen molar-refractivity contribution in [1.82, 2.24) is 10.2 Å². The fraction of sp³-hybridized carbons (Fsp3) is 0.500. The minimum Gasteiger partial charge on any atom is -0.456 e. The SMILES string of the molecule is CC(C)(C)OC(=O)c1cccc(C2CCC(NC(=O)[C@H]3CCCN3C(=O)Nc3ccc(OC(F)(F)F)cc3)CC2)c1. The second kappa shape index (κ2) is 12.4. The monoisotopic (exact) mass is 575 g/mol. The van der Waals surface area contributed by atoms with Crippen LogP contribution in [0.2, 0.25) is 0 Å². The highest BCUT2D eigenvalue weighted by molar-refractivity contribution is 5.94. The molecule has 0 spiro atoms. The summed E-state index contributed by atoms with van der Waals surface area (Å²) in [6.07, 6.45) is -0.337. The Kier molecular flexibility index (Phi) is 9.14. The van der Waals surface area contributed by atoms with Gasteiger partial charge in [0, 0.05) is 18.3 Å². The molecule has 2 N–H and O–H groups in total. The smallest absolute Gasteiger partial charge is 0.456 e. The van der Waals surface area contributed by atoms with Crippen LogP contribution in [-0.2, 0) is 9.53 Å². The average Bonchev–Trinajstić information content (AvgIpc) is 3.39. The molecule has 1 aliphatic heterocycles. The molecule has 3 amide bonds. The number of carbonyl (C=O) groups is 3. The number of urea groups is 1. The van der Waals surface area contributed by atoms with E-state index in [0.29, 0.717) is 30.6 Å². The second-order valence-corrected chi connectivity index (χ2v) is 11.5. The van der Waals surface area contributed by atoms with E-state index in [1.54, 1.807) is 6.07 Å². The van der Waals surface area contributed by atoms with E-state index in [2.05, 4.69) is 15.4 Å². The normalized spacial score (nSPS) is 21.2. The van der Waals surface area contributed by atoms with Gasteiger partial charge in [-0.2, -0.15) is 0 Å². The van der Waals surface area contributed by atoms with Gasteiger partial charge in [0.15, 0.2) is 0 Å². The molecule has 41 heavy (non-hydrogen) atoms. The minimum atomic E-state index is -4.80. The van der Waals surface area contributed by atoms with Crippen LogP contribution in [0.15, 0.2) is 48.5 Å². The van der Waals surface area contributed by atoms with Crippen molar-refractivity contribution < 1.29 is 37.0 Å². The zero-order chi connectivity index (χ0) is 29.8. The van der Waals surface area contributed by atoms with E-state index in [1.165, 1.54) is 17.0 Å². The van der Waals surface area contributed by atoms with Crippen molar-refractivity contribution in [2.75, 3.05) is 11.9 Å². The Morgan fingerprint density at radius 1 is 0.927 bits per heavy atom. The van der Waals surface area contributed by atoms with Crippen molar-refractivity contribution in [2.45, 2.75) is 89.3 Å². The van der Waals surface area contributed by atoms with Gasteiger partial charge in [-0.05, 0) is 107 Å². The number of likely N-dealkylation sites (tertiary alicyclic amines) is 1. The number of halogens is 3. The summed E-state index contributed by atoms with van der Waals surface area (Å²) in [5.74, 6) is -0.675. The van der Waals surface area contributed by atoms with E-state index < -0.39 is 24.0 Å². The topological polar surface area (TPSA) is 97.0 Å². The Balaban J connectivity index is 1.28. The van der Waals surface area contributed by atoms with Crippen LogP contribution < -0.4 is 15.4 Å². The van der Waals surface area contributed by atoms with Crippen LogP contribution in [-0.4, -0.2) is 53.4 Å². The van der Waals surface area contributed by atoms with Crippen LogP contribution in [0.25, 0.3) is 0 Å². The molecular formula is C30H36F3N3O5. The first-order valence-corrected chi connectivity index (χ1v) is 13.8. The van der Waals surface area contributed by atoms with Gasteiger partial charge in [0.05, 0.1) is 5.56 Å². The zero-order valence-corrected chi connectivity index (χ0v) is 23.4. The third-order valence-corrected chi connectivity index (χ3v) is 7.22. The minimum absolute atomic E-state index is 0.0144. The van der Waals surface area contributed by atoms with Gasteiger partial charge in [0.25, 0.3) is 0 Å². The second-order valence-electron chi connectivity index (χ2n) is 11.5. The van der Waals surface area contributed by atoms with Crippen LogP contribution in [0.5, 0.6) is 5.75 Å². The van der Waals surface area contributed by atoms with Crippen LogP contribution >= 0.6 is 0 Å². The fourth-order valence-electron chi connectivity index (χ4n) is 5.34. The molecule has 8 nitrogen and oxygen atoms in total. The van der Waals surface area contributed by atoms with Crippen molar-refractivity contribution in [3.8, 4) is 5.75 Å². The van der Waals surface area contributed by atoms with Gasteiger partial charge < -0.3 is 25.0 Å². The number of nitrogens with one attached hydrogen (secondary N) is 2. The molecular weight excluding hydrogens is 539 g/mol. The first-order chi connectivity index (χ1) is 19.3. The van der Waals surface area contributed by atoms with Crippen LogP contribution in [0, 0.1) is 0 Å². The molecule has 0 bridgehead atoms. The molecule has 0 radical (unpaired) electrons. The lowest BCUT2D eigenvalue weighted by Gasteiger charge is -2.31. The Hall–Kier alpha value is -3.76. The number of carbonyl (C=O) groups excluding carboxylic acids is 3. The molecule has 4 rings (SSSR count). The van der Waals surface area contributed by atoms with Gasteiger partial charge in [0.2, 0.25) is 5.91 Å². The van der Waals surface area contributed by atoms with Crippen molar-refractivity contribution in [3.63, 3.8) is 0 Å². The van der Waals surface area contributed by atoms with E-state index in [1.807, 2.05) is 39.0 Å². The van der Waals surface area contributed by atoms with Gasteiger partial charge in [0.1, 0.15) is 17.4 Å². The molecule has 1 atom stereocenters. The molecule has 1 saturated heterocycles. The molecule has 2 aliphatic rings. The number of ether oxygens (including phenoxy) is 2. The molecule has 1 heterocycles. The van der Waals surface area contributed by atoms with E-state index in [4.69, 9.17) is 4.74 Å². The lowest BCUT2D eigenvalue weighted by molar-refractivity contribution is -0.274. The Morgan fingerprint density at radius 2 is 1.61 bits per heavy atom. The summed E-state index contributed by atoms with van der Waals surface area (Å²) in [5.41, 5.74) is 1.33. The number of alkyl halides is 3. The number of amides is 3. The summed E-state index contributed by atoms with van der Waals surface area (Å²) in [7, 11) is 0. The van der Waals surface area contributed by atoms with Crippen molar-refractivity contribution in [3.05, 3.63) is 59.7 Å². The van der Waals surface area contributed by atoms with Gasteiger partial charge >= 0.3 is 18.4 Å². The lowest BCUT2D eigenvalue weighted by Crippen LogP contribution is -2.50. The summed E-state index contributed by atoms with van der Waals surface area (Å²) in [4.78, 5) is 40.0. The van der Waals surface area contributed by atoms with Crippen molar-refractivity contribution >= 4 is 23.6 Å². The lowest BCUT2D eigenvalue weighted by atomic mass is 9.81. The molecule has 1 aliphatic carbocycles. The molecule has 0 unspecified atom stereocenters. The quantitative estimate of drug-likeness (QED) is 0.390. The molecule has 222 valence electrons. The van der Waals surface area contributed by atoms with E-state index in [0.717, 1.165) is 43.4 Å². The molecule has 2 aromatic carbocycles. The maximum Gasteiger partial charge on any atom is 0.573 e. The third kappa shape index (κ3) is 8.61. The first kappa shape index (κ1) is 30.2. The van der Waals surface area contributed by atoms with Crippen LogP contribution in [0.1, 0.15) is 81.1 Å². The van der Waals surface area contributed by atoms with Gasteiger partial charge in [-0.3, -0.25) is 4.79 Å². The largest absolute Gasteiger partial charge is 0.573 e. The highest BCUT2D eigenvalue weighted by atomic mass is 19.4. The van der Waals surface area contributed by atoms with E-state index >= 15 is 0 Å². The number of hydrogen-bond acceptors (Lipinski definition) is 5. The van der Waals surface area contributed by atoms with Gasteiger partial charge in [-0.1, -0.05) is 12.1 Å². The molecule has 2 aromatic rings. The van der Waals surface area contributed by atoms with Crippen molar-refractivity contribution in [1.29, 1.82) is 0 Å². The van der Waals surface area contributed by atoms with E-state index in [9.17, 15) is 27.6 Å².